The van der Waals surface area contributed by atoms with Crippen LogP contribution in [-0.4, -0.2) is 82.8 Å². The van der Waals surface area contributed by atoms with E-state index in [0.29, 0.717) is 56.6 Å². The Morgan fingerprint density at radius 3 is 2.55 bits per heavy atom. The minimum atomic E-state index is -1.00. The minimum absolute atomic E-state index is 0.0293. The Balaban J connectivity index is 2.10. The highest BCUT2D eigenvalue weighted by Gasteiger charge is 2.40. The number of ether oxygens (including phenoxy) is 1. The number of amides is 4. The number of hydrogen-bond donors (Lipinski definition) is 4. The van der Waals surface area contributed by atoms with Gasteiger partial charge in [0.1, 0.15) is 17.8 Å². The van der Waals surface area contributed by atoms with Gasteiger partial charge in [0, 0.05) is 19.5 Å². The number of aliphatic hydroxyl groups is 1. The molecule has 1 fully saturated rings. The molecule has 0 radical (unpaired) electrons. The van der Waals surface area contributed by atoms with Crippen LogP contribution in [-0.2, 0) is 30.4 Å². The van der Waals surface area contributed by atoms with Crippen LogP contribution in [0, 0.1) is 5.92 Å². The molecule has 0 spiro atoms. The fourth-order valence-corrected chi connectivity index (χ4v) is 4.97. The lowest BCUT2D eigenvalue weighted by atomic mass is 9.96. The highest BCUT2D eigenvalue weighted by Crippen LogP contribution is 2.22. The van der Waals surface area contributed by atoms with Gasteiger partial charge in [-0.2, -0.15) is 0 Å². The van der Waals surface area contributed by atoms with E-state index in [1.807, 2.05) is 20.8 Å². The molecule has 1 heterocycles. The molecule has 2 unspecified atom stereocenters. The molecule has 44 heavy (non-hydrogen) atoms. The zero-order valence-electron chi connectivity index (χ0n) is 26.8. The Labute approximate surface area is 261 Å². The molecule has 0 aliphatic carbocycles. The number of carbonyl (C=O) groups excluding carboxylic acids is 5. The van der Waals surface area contributed by atoms with E-state index < -0.39 is 41.3 Å². The van der Waals surface area contributed by atoms with Crippen molar-refractivity contribution in [3.8, 4) is 5.75 Å². The molecule has 1 aromatic rings. The Morgan fingerprint density at radius 1 is 1.18 bits per heavy atom. The number of benzene rings is 1. The molecule has 2 rings (SSSR count). The molecule has 1 aromatic carbocycles. The Bertz CT molecular complexity index is 1160. The average Bonchev–Trinajstić information content (AvgIpc) is 3.47. The van der Waals surface area contributed by atoms with Crippen molar-refractivity contribution in [3.63, 3.8) is 0 Å². The van der Waals surface area contributed by atoms with Gasteiger partial charge in [0.15, 0.2) is 0 Å². The van der Waals surface area contributed by atoms with Crippen LogP contribution in [0.15, 0.2) is 36.9 Å². The maximum Gasteiger partial charge on any atom is 0.289 e. The van der Waals surface area contributed by atoms with Crippen molar-refractivity contribution in [3.05, 3.63) is 42.5 Å². The summed E-state index contributed by atoms with van der Waals surface area (Å²) in [4.78, 5) is 66.8. The van der Waals surface area contributed by atoms with E-state index in [0.717, 1.165) is 0 Å². The quantitative estimate of drug-likeness (QED) is 0.146. The summed E-state index contributed by atoms with van der Waals surface area (Å²) in [5, 5.41) is 17.9. The number of carbonyl (C=O) groups is 5. The van der Waals surface area contributed by atoms with Crippen molar-refractivity contribution < 1.29 is 33.8 Å². The number of Topliss-reactive ketones (excluding diaryl/α,β-unsaturated/α-hetero) is 1. The molecule has 1 saturated heterocycles. The van der Waals surface area contributed by atoms with E-state index in [4.69, 9.17) is 4.74 Å². The van der Waals surface area contributed by atoms with Crippen LogP contribution in [0.1, 0.15) is 78.7 Å². The van der Waals surface area contributed by atoms with E-state index in [-0.39, 0.29) is 37.1 Å². The second-order valence-corrected chi connectivity index (χ2v) is 12.1. The van der Waals surface area contributed by atoms with E-state index in [9.17, 15) is 29.1 Å². The number of ketones is 1. The molecule has 1 aliphatic heterocycles. The largest absolute Gasteiger partial charge is 0.493 e. The molecular formula is C33H50N4O7. The van der Waals surface area contributed by atoms with Crippen LogP contribution in [0.5, 0.6) is 5.75 Å². The van der Waals surface area contributed by atoms with Crippen LogP contribution in [0.2, 0.25) is 0 Å². The highest BCUT2D eigenvalue weighted by molar-refractivity contribution is 6.38. The van der Waals surface area contributed by atoms with Gasteiger partial charge >= 0.3 is 0 Å². The number of hydrogen-bond acceptors (Lipinski definition) is 7. The summed E-state index contributed by atoms with van der Waals surface area (Å²) in [7, 11) is 0. The standard InChI is InChI=1S/C33H50N4O7/c1-7-12-25(29(39)31(41)34-17-8-2)35-30(40)26-15-11-18-37(26)32(42)28(22(4)9-3)36-27(38)21-23-13-10-14-24(20-23)44-19-16-33(5,6)43/h8,10,13-14,20,22,25-26,28,43H,2,7,9,11-12,15-19,21H2,1,3-6H3,(H,34,41)(H,35,40)(H,36,38)/t22?,25?,26-,28-/m0/s1. The first-order valence-electron chi connectivity index (χ1n) is 15.6. The number of rotatable bonds is 18. The zero-order valence-corrected chi connectivity index (χ0v) is 26.8. The predicted octanol–water partition coefficient (Wildman–Crippen LogP) is 2.45. The third-order valence-corrected chi connectivity index (χ3v) is 7.72. The topological polar surface area (TPSA) is 154 Å². The van der Waals surface area contributed by atoms with Gasteiger partial charge in [0.25, 0.3) is 5.91 Å². The van der Waals surface area contributed by atoms with Crippen molar-refractivity contribution in [2.45, 2.75) is 103 Å². The first-order valence-corrected chi connectivity index (χ1v) is 15.6. The summed E-state index contributed by atoms with van der Waals surface area (Å²) in [6.07, 6.45) is 4.42. The van der Waals surface area contributed by atoms with Crippen LogP contribution >= 0.6 is 0 Å². The number of nitrogens with zero attached hydrogens (tertiary/aromatic N) is 1. The SMILES string of the molecule is C=CCNC(=O)C(=O)C(CCC)NC(=O)[C@@H]1CCCN1C(=O)[C@@H](NC(=O)Cc1cccc(OCCC(C)(C)O)c1)C(C)CC. The van der Waals surface area contributed by atoms with E-state index >= 15 is 0 Å². The minimum Gasteiger partial charge on any atom is -0.493 e. The van der Waals surface area contributed by atoms with E-state index in [2.05, 4.69) is 22.5 Å². The van der Waals surface area contributed by atoms with E-state index in [1.165, 1.54) is 11.0 Å². The summed E-state index contributed by atoms with van der Waals surface area (Å²) in [6.45, 7) is 13.4. The lowest BCUT2D eigenvalue weighted by Crippen LogP contribution is -2.57. The summed E-state index contributed by atoms with van der Waals surface area (Å²) in [6, 6.07) is 4.46. The molecule has 244 valence electrons. The fraction of sp³-hybridized carbons (Fsp3) is 0.606. The molecule has 0 saturated carbocycles. The molecule has 0 aromatic heterocycles. The third-order valence-electron chi connectivity index (χ3n) is 7.72. The lowest BCUT2D eigenvalue weighted by molar-refractivity contribution is -0.144. The van der Waals surface area contributed by atoms with Crippen molar-refractivity contribution >= 4 is 29.4 Å². The zero-order chi connectivity index (χ0) is 32.9. The monoisotopic (exact) mass is 614 g/mol. The van der Waals surface area contributed by atoms with Gasteiger partial charge in [-0.25, -0.2) is 0 Å². The molecule has 4 amide bonds. The summed E-state index contributed by atoms with van der Waals surface area (Å²) in [5.74, 6) is -2.33. The second kappa shape index (κ2) is 17.5. The van der Waals surface area contributed by atoms with Gasteiger partial charge in [-0.3, -0.25) is 24.0 Å². The maximum atomic E-state index is 13.8. The molecule has 4 N–H and O–H groups in total. The summed E-state index contributed by atoms with van der Waals surface area (Å²) >= 11 is 0. The average molecular weight is 615 g/mol. The van der Waals surface area contributed by atoms with Gasteiger partial charge in [-0.1, -0.05) is 51.8 Å². The van der Waals surface area contributed by atoms with Gasteiger partial charge in [0.05, 0.1) is 24.7 Å². The molecule has 11 nitrogen and oxygen atoms in total. The van der Waals surface area contributed by atoms with Crippen LogP contribution in [0.4, 0.5) is 0 Å². The normalized spacial score (nSPS) is 16.8. The second-order valence-electron chi connectivity index (χ2n) is 12.1. The smallest absolute Gasteiger partial charge is 0.289 e. The maximum absolute atomic E-state index is 13.8. The molecule has 1 aliphatic rings. The van der Waals surface area contributed by atoms with Crippen molar-refractivity contribution in [2.75, 3.05) is 19.7 Å². The van der Waals surface area contributed by atoms with Gasteiger partial charge < -0.3 is 30.7 Å². The van der Waals surface area contributed by atoms with Crippen LogP contribution < -0.4 is 20.7 Å². The summed E-state index contributed by atoms with van der Waals surface area (Å²) < 4.78 is 5.73. The third kappa shape index (κ3) is 11.4. The summed E-state index contributed by atoms with van der Waals surface area (Å²) in [5.41, 5.74) is -0.138. The first kappa shape index (κ1) is 36.5. The number of nitrogens with one attached hydrogen (secondary N) is 3. The van der Waals surface area contributed by atoms with E-state index in [1.54, 1.807) is 38.1 Å². The fourth-order valence-electron chi connectivity index (χ4n) is 4.97. The lowest BCUT2D eigenvalue weighted by Gasteiger charge is -2.32. The van der Waals surface area contributed by atoms with Gasteiger partial charge in [-0.05, 0) is 56.7 Å². The van der Waals surface area contributed by atoms with Crippen molar-refractivity contribution in [2.24, 2.45) is 5.92 Å². The van der Waals surface area contributed by atoms with Crippen molar-refractivity contribution in [1.82, 2.24) is 20.9 Å². The molecular weight excluding hydrogens is 564 g/mol. The number of likely N-dealkylation sites (tertiary alicyclic amines) is 1. The highest BCUT2D eigenvalue weighted by atomic mass is 16.5. The molecule has 0 bridgehead atoms. The van der Waals surface area contributed by atoms with Crippen LogP contribution in [0.3, 0.4) is 0 Å². The Hall–Kier alpha value is -3.73. The first-order chi connectivity index (χ1) is 20.8. The molecule has 11 heteroatoms. The Kier molecular flexibility index (Phi) is 14.5. The van der Waals surface area contributed by atoms with Gasteiger partial charge in [-0.15, -0.1) is 6.58 Å². The molecule has 4 atom stereocenters. The Morgan fingerprint density at radius 2 is 1.91 bits per heavy atom. The van der Waals surface area contributed by atoms with Gasteiger partial charge in [0.2, 0.25) is 23.5 Å². The van der Waals surface area contributed by atoms with Crippen molar-refractivity contribution in [1.29, 1.82) is 0 Å². The predicted molar refractivity (Wildman–Crippen MR) is 168 cm³/mol. The van der Waals surface area contributed by atoms with Crippen LogP contribution in [0.25, 0.3) is 0 Å².